The average Bonchev–Trinajstić information content (AvgIpc) is 3.56. The molecule has 31 heavy (non-hydrogen) atoms. The van der Waals surface area contributed by atoms with Gasteiger partial charge in [0.15, 0.2) is 6.10 Å². The molecule has 5 rings (SSSR count). The van der Waals surface area contributed by atoms with Crippen LogP contribution in [0.25, 0.3) is 0 Å². The van der Waals surface area contributed by atoms with Crippen LogP contribution in [0.2, 0.25) is 0 Å². The minimum atomic E-state index is -0.813. The first kappa shape index (κ1) is 19.2. The Hall–Kier alpha value is -3.79. The lowest BCUT2D eigenvalue weighted by molar-refractivity contribution is 0.131. The lowest BCUT2D eigenvalue weighted by Gasteiger charge is -2.18. The maximum atomic E-state index is 14.6. The zero-order valence-corrected chi connectivity index (χ0v) is 16.3. The second-order valence-electron chi connectivity index (χ2n) is 7.63. The van der Waals surface area contributed by atoms with Gasteiger partial charge in [-0.15, -0.1) is 0 Å². The van der Waals surface area contributed by atoms with Gasteiger partial charge in [-0.05, 0) is 54.2 Å². The Kier molecular flexibility index (Phi) is 4.83. The van der Waals surface area contributed by atoms with E-state index in [0.717, 1.165) is 5.56 Å². The summed E-state index contributed by atoms with van der Waals surface area (Å²) in [5, 5.41) is 2.61. The van der Waals surface area contributed by atoms with Gasteiger partial charge in [-0.25, -0.2) is 14.2 Å². The van der Waals surface area contributed by atoms with Crippen molar-refractivity contribution in [1.29, 1.82) is 0 Å². The Balaban J connectivity index is 1.45. The average molecular weight is 417 g/mol. The normalized spacial score (nSPS) is 19.9. The number of aromatic nitrogens is 2. The topological polar surface area (TPSA) is 64.1 Å². The van der Waals surface area contributed by atoms with Crippen molar-refractivity contribution in [2.24, 2.45) is 0 Å². The third-order valence-electron chi connectivity index (χ3n) is 5.37. The maximum Gasteiger partial charge on any atom is 0.408 e. The molecular weight excluding hydrogens is 400 g/mol. The second-order valence-corrected chi connectivity index (χ2v) is 7.63. The largest absolute Gasteiger partial charge is 0.439 e. The molecule has 0 radical (unpaired) electrons. The number of pyridine rings is 2. The molecule has 0 spiro atoms. The fourth-order valence-electron chi connectivity index (χ4n) is 3.64. The van der Waals surface area contributed by atoms with Gasteiger partial charge in [0, 0.05) is 35.3 Å². The molecule has 2 unspecified atom stereocenters. The van der Waals surface area contributed by atoms with Crippen LogP contribution in [0.15, 0.2) is 55.0 Å². The van der Waals surface area contributed by atoms with Crippen LogP contribution in [0, 0.1) is 23.6 Å². The molecule has 1 amide bonds. The summed E-state index contributed by atoms with van der Waals surface area (Å²) in [5.41, 5.74) is 3.14. The number of nitrogens with one attached hydrogen (secondary N) is 1. The van der Waals surface area contributed by atoms with Crippen LogP contribution in [-0.2, 0) is 4.74 Å². The van der Waals surface area contributed by atoms with Crippen molar-refractivity contribution in [1.82, 2.24) is 15.3 Å². The number of carbonyl (C=O) groups excluding carboxylic acids is 1. The van der Waals surface area contributed by atoms with Gasteiger partial charge in [0.05, 0.1) is 0 Å². The van der Waals surface area contributed by atoms with Crippen molar-refractivity contribution < 1.29 is 18.3 Å². The van der Waals surface area contributed by atoms with Gasteiger partial charge >= 0.3 is 6.09 Å². The number of benzene rings is 1. The molecule has 1 saturated carbocycles. The van der Waals surface area contributed by atoms with E-state index in [-0.39, 0.29) is 5.56 Å². The van der Waals surface area contributed by atoms with Crippen LogP contribution in [0.3, 0.4) is 0 Å². The van der Waals surface area contributed by atoms with Gasteiger partial charge in [0.2, 0.25) is 5.95 Å². The number of hydrogen-bond acceptors (Lipinski definition) is 4. The molecule has 154 valence electrons. The number of ether oxygens (including phenoxy) is 1. The summed E-state index contributed by atoms with van der Waals surface area (Å²) in [6.45, 7) is 0. The highest BCUT2D eigenvalue weighted by molar-refractivity contribution is 5.71. The smallest absolute Gasteiger partial charge is 0.408 e. The number of amides is 1. The number of cyclic esters (lactones) is 1. The number of alkyl carbamates (subject to hydrolysis) is 1. The molecular formula is C24H17F2N3O2. The first-order valence-electron chi connectivity index (χ1n) is 9.92. The van der Waals surface area contributed by atoms with E-state index in [1.54, 1.807) is 12.3 Å². The molecule has 1 N–H and O–H groups in total. The first-order chi connectivity index (χ1) is 15.1. The van der Waals surface area contributed by atoms with Gasteiger partial charge in [0.1, 0.15) is 11.9 Å². The van der Waals surface area contributed by atoms with Crippen molar-refractivity contribution in [2.45, 2.75) is 30.9 Å². The molecule has 1 aliphatic heterocycles. The minimum absolute atomic E-state index is 0.150. The molecule has 2 atom stereocenters. The zero-order chi connectivity index (χ0) is 21.4. The first-order valence-corrected chi connectivity index (χ1v) is 9.92. The molecule has 1 aromatic carbocycles. The standard InChI is InChI=1S/C24H17F2N3O2/c25-19-7-5-17(6-8-19)22-21(29-24(30)31-22)20-10-15(12-28-23(20)26)2-1-14-9-18(13-27-11-14)16-3-4-16/h5-13,16,21-22H,3-4H2,(H,29,30). The van der Waals surface area contributed by atoms with E-state index in [9.17, 15) is 13.6 Å². The molecule has 0 bridgehead atoms. The SMILES string of the molecule is O=C1NC(c2cc(C#Cc3cncc(C4CC4)c3)cnc2F)C(c2ccc(F)cc2)O1. The molecule has 2 fully saturated rings. The zero-order valence-electron chi connectivity index (χ0n) is 16.3. The molecule has 5 nitrogen and oxygen atoms in total. The van der Waals surface area contributed by atoms with Crippen LogP contribution in [0.4, 0.5) is 13.6 Å². The van der Waals surface area contributed by atoms with E-state index in [1.807, 2.05) is 12.3 Å². The van der Waals surface area contributed by atoms with E-state index in [4.69, 9.17) is 4.74 Å². The molecule has 3 heterocycles. The van der Waals surface area contributed by atoms with Crippen LogP contribution >= 0.6 is 0 Å². The third kappa shape index (κ3) is 4.10. The molecule has 7 heteroatoms. The van der Waals surface area contributed by atoms with Gasteiger partial charge in [-0.2, -0.15) is 4.39 Å². The van der Waals surface area contributed by atoms with Crippen molar-refractivity contribution in [3.8, 4) is 11.8 Å². The number of hydrogen-bond donors (Lipinski definition) is 1. The molecule has 2 aromatic heterocycles. The van der Waals surface area contributed by atoms with E-state index in [0.29, 0.717) is 17.0 Å². The van der Waals surface area contributed by atoms with Gasteiger partial charge in [0.25, 0.3) is 0 Å². The highest BCUT2D eigenvalue weighted by atomic mass is 19.1. The Bertz CT molecular complexity index is 1210. The molecule has 1 aliphatic carbocycles. The number of nitrogens with zero attached hydrogens (tertiary/aromatic N) is 2. The highest BCUT2D eigenvalue weighted by Crippen LogP contribution is 2.40. The monoisotopic (exact) mass is 417 g/mol. The Morgan fingerprint density at radius 2 is 1.71 bits per heavy atom. The van der Waals surface area contributed by atoms with Crippen molar-refractivity contribution >= 4 is 6.09 Å². The number of rotatable bonds is 3. The summed E-state index contributed by atoms with van der Waals surface area (Å²) in [4.78, 5) is 19.9. The summed E-state index contributed by atoms with van der Waals surface area (Å²) >= 11 is 0. The number of carbonyl (C=O) groups is 1. The van der Waals surface area contributed by atoms with Crippen LogP contribution in [-0.4, -0.2) is 16.1 Å². The van der Waals surface area contributed by atoms with Crippen LogP contribution < -0.4 is 5.32 Å². The Labute approximate surface area is 177 Å². The van der Waals surface area contributed by atoms with Crippen LogP contribution in [0.1, 0.15) is 58.7 Å². The van der Waals surface area contributed by atoms with Gasteiger partial charge in [-0.3, -0.25) is 4.98 Å². The minimum Gasteiger partial charge on any atom is -0.439 e. The summed E-state index contributed by atoms with van der Waals surface area (Å²) in [5.74, 6) is 5.46. The third-order valence-corrected chi connectivity index (χ3v) is 5.37. The van der Waals surface area contributed by atoms with Gasteiger partial charge < -0.3 is 10.1 Å². The maximum absolute atomic E-state index is 14.6. The quantitative estimate of drug-likeness (QED) is 0.502. The van der Waals surface area contributed by atoms with Crippen molar-refractivity contribution in [2.75, 3.05) is 0 Å². The summed E-state index contributed by atoms with van der Waals surface area (Å²) < 4.78 is 33.2. The van der Waals surface area contributed by atoms with Gasteiger partial charge in [-0.1, -0.05) is 24.0 Å². The molecule has 2 aliphatic rings. The predicted octanol–water partition coefficient (Wildman–Crippen LogP) is 4.55. The lowest BCUT2D eigenvalue weighted by Crippen LogP contribution is -2.21. The molecule has 3 aromatic rings. The van der Waals surface area contributed by atoms with Crippen molar-refractivity contribution in [3.63, 3.8) is 0 Å². The van der Waals surface area contributed by atoms with E-state index in [2.05, 4.69) is 27.1 Å². The number of halogens is 2. The second kappa shape index (κ2) is 7.80. The fourth-order valence-corrected chi connectivity index (χ4v) is 3.64. The predicted molar refractivity (Wildman–Crippen MR) is 108 cm³/mol. The lowest BCUT2D eigenvalue weighted by atomic mass is 9.96. The summed E-state index contributed by atoms with van der Waals surface area (Å²) in [6.07, 6.45) is 5.74. The fraction of sp³-hybridized carbons (Fsp3) is 0.208. The van der Waals surface area contributed by atoms with E-state index in [1.165, 1.54) is 48.9 Å². The van der Waals surface area contributed by atoms with Crippen LogP contribution in [0.5, 0.6) is 0 Å². The Morgan fingerprint density at radius 1 is 0.968 bits per heavy atom. The molecule has 1 saturated heterocycles. The van der Waals surface area contributed by atoms with Crippen molar-refractivity contribution in [3.05, 3.63) is 94.6 Å². The van der Waals surface area contributed by atoms with E-state index >= 15 is 0 Å². The Morgan fingerprint density at radius 3 is 2.45 bits per heavy atom. The summed E-state index contributed by atoms with van der Waals surface area (Å²) in [6, 6.07) is 8.28. The van der Waals surface area contributed by atoms with E-state index < -0.39 is 30.0 Å². The summed E-state index contributed by atoms with van der Waals surface area (Å²) in [7, 11) is 0. The highest BCUT2D eigenvalue weighted by Gasteiger charge is 2.38.